The summed E-state index contributed by atoms with van der Waals surface area (Å²) in [6.07, 6.45) is 0.398. The summed E-state index contributed by atoms with van der Waals surface area (Å²) in [6, 6.07) is 3.49. The van der Waals surface area contributed by atoms with E-state index in [1.165, 1.54) is 28.8 Å². The Morgan fingerprint density at radius 2 is 1.81 bits per heavy atom. The number of rotatable bonds is 8. The molecular formula is C29H29F5N4O8S. The number of methoxy groups -OCH3 is 1. The lowest BCUT2D eigenvalue weighted by molar-refractivity contribution is -0.0501. The van der Waals surface area contributed by atoms with E-state index in [0.717, 1.165) is 12.3 Å². The molecule has 254 valence electrons. The van der Waals surface area contributed by atoms with Crippen molar-refractivity contribution in [1.82, 2.24) is 19.7 Å². The van der Waals surface area contributed by atoms with Gasteiger partial charge in [0.2, 0.25) is 0 Å². The number of carbonyl (C=O) groups excluding carboxylic acids is 1. The molecule has 3 aromatic heterocycles. The van der Waals surface area contributed by atoms with Gasteiger partial charge in [-0.2, -0.15) is 26.7 Å². The second-order valence-corrected chi connectivity index (χ2v) is 13.0. The van der Waals surface area contributed by atoms with Crippen LogP contribution in [-0.2, 0) is 26.1 Å². The Morgan fingerprint density at radius 3 is 2.47 bits per heavy atom. The fraction of sp³-hybridized carbons (Fsp3) is 0.414. The van der Waals surface area contributed by atoms with E-state index >= 15 is 4.39 Å². The van der Waals surface area contributed by atoms with Crippen molar-refractivity contribution in [3.63, 3.8) is 0 Å². The molecule has 5 rings (SSSR count). The molecule has 12 nitrogen and oxygen atoms in total. The molecule has 0 saturated carbocycles. The van der Waals surface area contributed by atoms with Crippen molar-refractivity contribution in [3.8, 4) is 34.1 Å². The number of fused-ring (bicyclic) bond motifs is 2. The summed E-state index contributed by atoms with van der Waals surface area (Å²) in [5, 5.41) is 4.36. The molecule has 0 spiro atoms. The van der Waals surface area contributed by atoms with Crippen molar-refractivity contribution in [1.29, 1.82) is 0 Å². The largest absolute Gasteiger partial charge is 0.534 e. The average Bonchev–Trinajstić information content (AvgIpc) is 3.60. The average molecular weight is 689 g/mol. The van der Waals surface area contributed by atoms with E-state index in [1.54, 1.807) is 27.7 Å². The number of halogens is 5. The van der Waals surface area contributed by atoms with Crippen LogP contribution in [0, 0.1) is 11.6 Å². The SMILES string of the molecule is COCCOc1cc(F)cc(F)c1-c1c(-c2cc3n(n2)CCN(C(=O)OC(C)(C)C)[C@@H]3C)nc(OS(=O)(=O)C(F)(F)F)c2occc12. The number of carbonyl (C=O) groups is 1. The maximum absolute atomic E-state index is 15.8. The molecular weight excluding hydrogens is 659 g/mol. The highest BCUT2D eigenvalue weighted by Gasteiger charge is 2.49. The van der Waals surface area contributed by atoms with Crippen LogP contribution in [0.2, 0.25) is 0 Å². The molecule has 47 heavy (non-hydrogen) atoms. The topological polar surface area (TPSA) is 135 Å². The van der Waals surface area contributed by atoms with E-state index in [4.69, 9.17) is 18.6 Å². The number of amides is 1. The number of alkyl halides is 3. The first-order valence-corrected chi connectivity index (χ1v) is 15.4. The summed E-state index contributed by atoms with van der Waals surface area (Å²) in [7, 11) is -4.86. The van der Waals surface area contributed by atoms with Crippen LogP contribution < -0.4 is 8.92 Å². The van der Waals surface area contributed by atoms with Gasteiger partial charge in [-0.05, 0) is 39.8 Å². The van der Waals surface area contributed by atoms with Crippen LogP contribution in [-0.4, -0.2) is 72.2 Å². The van der Waals surface area contributed by atoms with E-state index < -0.39 is 56.5 Å². The number of ether oxygens (including phenoxy) is 3. The summed E-state index contributed by atoms with van der Waals surface area (Å²) >= 11 is 0. The van der Waals surface area contributed by atoms with Crippen LogP contribution in [0.25, 0.3) is 33.5 Å². The van der Waals surface area contributed by atoms with Crippen LogP contribution >= 0.6 is 0 Å². The highest BCUT2D eigenvalue weighted by atomic mass is 32.2. The molecule has 1 aromatic carbocycles. The van der Waals surface area contributed by atoms with Crippen LogP contribution in [0.15, 0.2) is 34.9 Å². The van der Waals surface area contributed by atoms with Gasteiger partial charge in [-0.15, -0.1) is 0 Å². The van der Waals surface area contributed by atoms with E-state index in [2.05, 4.69) is 14.3 Å². The zero-order valence-corrected chi connectivity index (χ0v) is 26.5. The van der Waals surface area contributed by atoms with Crippen molar-refractivity contribution >= 4 is 27.2 Å². The number of aromatic nitrogens is 3. The van der Waals surface area contributed by atoms with Crippen LogP contribution in [0.4, 0.5) is 26.7 Å². The van der Waals surface area contributed by atoms with Crippen molar-refractivity contribution < 1.29 is 58.0 Å². The van der Waals surface area contributed by atoms with Gasteiger partial charge in [0.05, 0.1) is 36.7 Å². The molecule has 0 saturated heterocycles. The zero-order valence-electron chi connectivity index (χ0n) is 25.6. The molecule has 0 fully saturated rings. The molecule has 1 amide bonds. The number of furan rings is 1. The Labute approximate surface area is 265 Å². The molecule has 4 aromatic rings. The lowest BCUT2D eigenvalue weighted by Gasteiger charge is -2.35. The summed E-state index contributed by atoms with van der Waals surface area (Å²) in [4.78, 5) is 18.5. The number of benzene rings is 1. The normalized spacial score (nSPS) is 15.5. The first kappa shape index (κ1) is 33.9. The molecule has 0 aliphatic carbocycles. The maximum atomic E-state index is 15.8. The number of nitrogens with zero attached hydrogens (tertiary/aromatic N) is 4. The van der Waals surface area contributed by atoms with Crippen molar-refractivity contribution in [2.75, 3.05) is 26.9 Å². The van der Waals surface area contributed by atoms with Crippen LogP contribution in [0.1, 0.15) is 39.4 Å². The highest BCUT2D eigenvalue weighted by molar-refractivity contribution is 7.88. The van der Waals surface area contributed by atoms with Gasteiger partial charge in [0.25, 0.3) is 5.88 Å². The van der Waals surface area contributed by atoms with E-state index in [0.29, 0.717) is 11.8 Å². The highest BCUT2D eigenvalue weighted by Crippen LogP contribution is 2.46. The van der Waals surface area contributed by atoms with Gasteiger partial charge in [-0.3, -0.25) is 9.58 Å². The summed E-state index contributed by atoms with van der Waals surface area (Å²) < 4.78 is 122. The zero-order chi connectivity index (χ0) is 34.5. The standard InChI is InChI=1S/C29H29F5N4O8S/c1-15-20-14-19(36-38(20)8-7-37(15)27(39)45-28(2,3)4)24-22(23-18(31)12-16(30)13-21(23)43-11-10-42-5)17-6-9-44-25(17)26(35-24)46-47(40,41)29(32,33)34/h6,9,12-15H,7-8,10-11H2,1-5H3/t15-/m1/s1. The Hall–Kier alpha value is -4.45. The first-order valence-electron chi connectivity index (χ1n) is 14.0. The van der Waals surface area contributed by atoms with Gasteiger partial charge in [0, 0.05) is 36.7 Å². The summed E-state index contributed by atoms with van der Waals surface area (Å²) in [5.74, 6) is -3.58. The third-order valence-corrected chi connectivity index (χ3v) is 7.94. The van der Waals surface area contributed by atoms with E-state index in [-0.39, 0.29) is 60.0 Å². The molecule has 1 aliphatic heterocycles. The number of pyridine rings is 1. The minimum Gasteiger partial charge on any atom is -0.490 e. The molecule has 4 heterocycles. The predicted molar refractivity (Wildman–Crippen MR) is 155 cm³/mol. The Bertz CT molecular complexity index is 1930. The second-order valence-electron chi connectivity index (χ2n) is 11.4. The molecule has 0 bridgehead atoms. The monoisotopic (exact) mass is 688 g/mol. The van der Waals surface area contributed by atoms with Crippen molar-refractivity contribution in [2.24, 2.45) is 0 Å². The Morgan fingerprint density at radius 1 is 1.09 bits per heavy atom. The molecule has 0 N–H and O–H groups in total. The lowest BCUT2D eigenvalue weighted by atomic mass is 9.96. The summed E-state index contributed by atoms with van der Waals surface area (Å²) in [6.45, 7) is 7.04. The predicted octanol–water partition coefficient (Wildman–Crippen LogP) is 6.20. The fourth-order valence-electron chi connectivity index (χ4n) is 4.98. The molecule has 18 heteroatoms. The smallest absolute Gasteiger partial charge is 0.490 e. The Kier molecular flexibility index (Phi) is 8.87. The van der Waals surface area contributed by atoms with Gasteiger partial charge in [0.15, 0.2) is 5.58 Å². The Balaban J connectivity index is 1.75. The number of hydrogen-bond acceptors (Lipinski definition) is 10. The van der Waals surface area contributed by atoms with Gasteiger partial charge in [-0.1, -0.05) is 0 Å². The minimum absolute atomic E-state index is 0.0334. The van der Waals surface area contributed by atoms with Crippen molar-refractivity contribution in [3.05, 3.63) is 47.9 Å². The molecule has 0 radical (unpaired) electrons. The molecule has 1 aliphatic rings. The first-order chi connectivity index (χ1) is 21.9. The van der Waals surface area contributed by atoms with Crippen LogP contribution in [0.3, 0.4) is 0 Å². The third-order valence-electron chi connectivity index (χ3n) is 6.99. The third kappa shape index (κ3) is 6.69. The second kappa shape index (κ2) is 12.3. The van der Waals surface area contributed by atoms with Crippen LogP contribution in [0.5, 0.6) is 11.6 Å². The van der Waals surface area contributed by atoms with E-state index in [9.17, 15) is 30.8 Å². The fourth-order valence-corrected chi connectivity index (χ4v) is 5.40. The maximum Gasteiger partial charge on any atom is 0.534 e. The molecule has 0 unspecified atom stereocenters. The van der Waals surface area contributed by atoms with E-state index in [1.807, 2.05) is 0 Å². The van der Waals surface area contributed by atoms with Gasteiger partial charge >= 0.3 is 21.7 Å². The number of hydrogen-bond donors (Lipinski definition) is 0. The van der Waals surface area contributed by atoms with Gasteiger partial charge in [0.1, 0.15) is 41.0 Å². The van der Waals surface area contributed by atoms with Crippen molar-refractivity contribution in [2.45, 2.75) is 51.4 Å². The molecule has 1 atom stereocenters. The summed E-state index contributed by atoms with van der Waals surface area (Å²) in [5.41, 5.74) is -7.74. The van der Waals surface area contributed by atoms with Gasteiger partial charge in [-0.25, -0.2) is 18.6 Å². The quantitative estimate of drug-likeness (QED) is 0.0911. The lowest BCUT2D eigenvalue weighted by Crippen LogP contribution is -2.43. The van der Waals surface area contributed by atoms with Gasteiger partial charge < -0.3 is 22.8 Å². The minimum atomic E-state index is -6.24.